The molecule has 1 N–H and O–H groups in total. The van der Waals surface area contributed by atoms with E-state index >= 15 is 0 Å². The van der Waals surface area contributed by atoms with Gasteiger partial charge in [-0.05, 0) is 52.8 Å². The maximum atomic E-state index is 9.62. The lowest BCUT2D eigenvalue weighted by Gasteiger charge is -2.03. The van der Waals surface area contributed by atoms with Gasteiger partial charge in [-0.2, -0.15) is 12.6 Å². The number of carboxylic acids is 1. The highest BCUT2D eigenvalue weighted by molar-refractivity contribution is 14.1. The van der Waals surface area contributed by atoms with Crippen molar-refractivity contribution in [2.24, 2.45) is 0 Å². The Bertz CT molecular complexity index is 769. The molecule has 0 aliphatic heterocycles. The first-order valence-corrected chi connectivity index (χ1v) is 8.72. The predicted molar refractivity (Wildman–Crippen MR) is 106 cm³/mol. The lowest BCUT2D eigenvalue weighted by Crippen LogP contribution is -2.06. The molecular weight excluding hydrogens is 437 g/mol. The number of nitrogens with zero attached hydrogens (tertiary/aromatic N) is 1. The lowest BCUT2D eigenvalue weighted by atomic mass is 10.0. The normalized spacial score (nSPS) is 11.3. The minimum atomic E-state index is -0.877. The molecule has 0 amide bonds. The monoisotopic (exact) mass is 453 g/mol. The summed E-state index contributed by atoms with van der Waals surface area (Å²) in [7, 11) is 0. The van der Waals surface area contributed by atoms with Crippen molar-refractivity contribution in [3.8, 4) is 22.5 Å². The molecule has 0 spiro atoms. The number of rotatable bonds is 3. The highest BCUT2D eigenvalue weighted by Crippen LogP contribution is 2.25. The maximum absolute atomic E-state index is 9.62. The summed E-state index contributed by atoms with van der Waals surface area (Å²) >= 11 is 5.90. The van der Waals surface area contributed by atoms with Crippen LogP contribution in [0.5, 0.6) is 0 Å². The molecule has 124 valence electrons. The van der Waals surface area contributed by atoms with Crippen LogP contribution in [-0.4, -0.2) is 21.3 Å². The summed E-state index contributed by atoms with van der Waals surface area (Å²) in [4.78, 5) is 13.5. The summed E-state index contributed by atoms with van der Waals surface area (Å²) in [5.74, 6) is -0.0810. The van der Waals surface area contributed by atoms with E-state index in [2.05, 4.69) is 76.6 Å². The van der Waals surface area contributed by atoms with Crippen LogP contribution in [0.15, 0.2) is 65.5 Å². The van der Waals surface area contributed by atoms with Crippen molar-refractivity contribution in [1.29, 1.82) is 0 Å². The summed E-state index contributed by atoms with van der Waals surface area (Å²) < 4.78 is 6.51. The number of halogens is 1. The molecule has 3 aromatic rings. The number of carboxylic acid groups (broad SMARTS) is 1. The zero-order valence-electron chi connectivity index (χ0n) is 12.9. The molecule has 1 heterocycles. The van der Waals surface area contributed by atoms with Crippen LogP contribution in [0, 0.1) is 3.57 Å². The summed E-state index contributed by atoms with van der Waals surface area (Å²) in [5.41, 5.74) is 3.47. The van der Waals surface area contributed by atoms with Gasteiger partial charge in [0.1, 0.15) is 0 Å². The van der Waals surface area contributed by atoms with E-state index in [9.17, 15) is 4.79 Å². The number of hydrogen-bond acceptors (Lipinski definition) is 4. The van der Waals surface area contributed by atoms with E-state index < -0.39 is 11.2 Å². The Morgan fingerprint density at radius 2 is 1.54 bits per heavy atom. The van der Waals surface area contributed by atoms with Crippen molar-refractivity contribution < 1.29 is 14.3 Å². The third-order valence-corrected chi connectivity index (χ3v) is 4.08. The highest BCUT2D eigenvalue weighted by Gasteiger charge is 2.02. The molecule has 0 aliphatic rings. The van der Waals surface area contributed by atoms with Crippen LogP contribution < -0.4 is 0 Å². The third-order valence-electron chi connectivity index (χ3n) is 3.14. The van der Waals surface area contributed by atoms with E-state index in [0.29, 0.717) is 0 Å². The molecule has 0 saturated carbocycles. The van der Waals surface area contributed by atoms with E-state index in [-0.39, 0.29) is 0 Å². The van der Waals surface area contributed by atoms with E-state index in [1.54, 1.807) is 6.20 Å². The molecule has 0 aliphatic carbocycles. The zero-order chi connectivity index (χ0) is 17.5. The van der Waals surface area contributed by atoms with Gasteiger partial charge < -0.3 is 9.52 Å². The van der Waals surface area contributed by atoms with Crippen LogP contribution in [0.25, 0.3) is 22.5 Å². The van der Waals surface area contributed by atoms with Crippen molar-refractivity contribution in [2.75, 3.05) is 0 Å². The Morgan fingerprint density at radius 1 is 1.08 bits per heavy atom. The minimum Gasteiger partial charge on any atom is -0.480 e. The lowest BCUT2D eigenvalue weighted by molar-refractivity contribution is -0.136. The van der Waals surface area contributed by atoms with Crippen LogP contribution in [0.3, 0.4) is 0 Å². The van der Waals surface area contributed by atoms with Gasteiger partial charge >= 0.3 is 5.97 Å². The first-order chi connectivity index (χ1) is 11.5. The van der Waals surface area contributed by atoms with Gasteiger partial charge in [-0.3, -0.25) is 4.79 Å². The third kappa shape index (κ3) is 5.38. The molecule has 2 aromatic carbocycles. The minimum absolute atomic E-state index is 0.537. The molecule has 24 heavy (non-hydrogen) atoms. The Balaban J connectivity index is 0.000000301. The van der Waals surface area contributed by atoms with Crippen molar-refractivity contribution >= 4 is 41.2 Å². The number of oxazole rings is 1. The molecule has 6 heteroatoms. The molecule has 0 radical (unpaired) electrons. The number of hydrogen-bond donors (Lipinski definition) is 2. The largest absolute Gasteiger partial charge is 0.480 e. The molecular formula is C18H16INO3S. The van der Waals surface area contributed by atoms with E-state index in [1.165, 1.54) is 28.0 Å². The van der Waals surface area contributed by atoms with Crippen molar-refractivity contribution in [2.45, 2.75) is 12.2 Å². The number of aliphatic carboxylic acids is 1. The summed E-state index contributed by atoms with van der Waals surface area (Å²) in [6, 6.07) is 16.8. The second-order valence-electron chi connectivity index (χ2n) is 4.96. The van der Waals surface area contributed by atoms with E-state index in [4.69, 9.17) is 9.52 Å². The smallest absolute Gasteiger partial charge is 0.316 e. The summed E-state index contributed by atoms with van der Waals surface area (Å²) in [6.07, 6.45) is 3.17. The highest BCUT2D eigenvalue weighted by atomic mass is 127. The first-order valence-electron chi connectivity index (χ1n) is 7.13. The van der Waals surface area contributed by atoms with Crippen molar-refractivity contribution in [1.82, 2.24) is 4.98 Å². The Morgan fingerprint density at radius 3 is 1.96 bits per heavy atom. The summed E-state index contributed by atoms with van der Waals surface area (Å²) in [6.45, 7) is 1.51. The molecule has 0 saturated heterocycles. The molecule has 1 atom stereocenters. The Hall–Kier alpha value is -1.80. The van der Waals surface area contributed by atoms with Gasteiger partial charge in [-0.25, -0.2) is 4.98 Å². The first kappa shape index (κ1) is 18.5. The summed E-state index contributed by atoms with van der Waals surface area (Å²) in [5, 5.41) is 7.38. The van der Waals surface area contributed by atoms with Crippen LogP contribution in [0.1, 0.15) is 6.92 Å². The molecule has 0 fully saturated rings. The Labute approximate surface area is 159 Å². The topological polar surface area (TPSA) is 63.3 Å². The second-order valence-corrected chi connectivity index (χ2v) is 6.98. The van der Waals surface area contributed by atoms with Gasteiger partial charge in [0, 0.05) is 9.13 Å². The fourth-order valence-corrected chi connectivity index (χ4v) is 2.19. The fourth-order valence-electron chi connectivity index (χ4n) is 1.83. The van der Waals surface area contributed by atoms with Crippen molar-refractivity contribution in [3.63, 3.8) is 0 Å². The van der Waals surface area contributed by atoms with Gasteiger partial charge in [0.2, 0.25) is 0 Å². The standard InChI is InChI=1S/C15H10INO.C3H6O2S/c16-14-7-5-12(6-8-14)11-1-3-13(4-2-11)15-9-17-10-18-15;1-2(6)3(4)5/h1-10H;2,6H,1H3,(H,4,5). The predicted octanol–water partition coefficient (Wildman–Crippen LogP) is 5.00. The second kappa shape index (κ2) is 8.89. The SMILES string of the molecule is CC(S)C(=O)O.Ic1ccc(-c2ccc(-c3cnco3)cc2)cc1. The number of thiol groups is 1. The quantitative estimate of drug-likeness (QED) is 0.433. The molecule has 1 unspecified atom stereocenters. The van der Waals surface area contributed by atoms with Crippen LogP contribution >= 0.6 is 35.2 Å². The molecule has 3 rings (SSSR count). The van der Waals surface area contributed by atoms with Crippen LogP contribution in [0.2, 0.25) is 0 Å². The average Bonchev–Trinajstić information content (AvgIpc) is 3.11. The van der Waals surface area contributed by atoms with Gasteiger partial charge in [0.15, 0.2) is 12.2 Å². The van der Waals surface area contributed by atoms with Gasteiger partial charge in [-0.15, -0.1) is 0 Å². The Kier molecular flexibility index (Phi) is 6.86. The van der Waals surface area contributed by atoms with Crippen LogP contribution in [-0.2, 0) is 4.79 Å². The van der Waals surface area contributed by atoms with Gasteiger partial charge in [-0.1, -0.05) is 36.4 Å². The van der Waals surface area contributed by atoms with E-state index in [1.807, 2.05) is 12.1 Å². The number of carbonyl (C=O) groups is 1. The molecule has 1 aromatic heterocycles. The van der Waals surface area contributed by atoms with Crippen LogP contribution in [0.4, 0.5) is 0 Å². The van der Waals surface area contributed by atoms with Gasteiger partial charge in [0.05, 0.1) is 11.4 Å². The van der Waals surface area contributed by atoms with Gasteiger partial charge in [0.25, 0.3) is 0 Å². The van der Waals surface area contributed by atoms with E-state index in [0.717, 1.165) is 11.3 Å². The molecule has 4 nitrogen and oxygen atoms in total. The zero-order valence-corrected chi connectivity index (χ0v) is 15.9. The average molecular weight is 453 g/mol. The number of aromatic nitrogens is 1. The number of benzene rings is 2. The fraction of sp³-hybridized carbons (Fsp3) is 0.111. The molecule has 0 bridgehead atoms. The van der Waals surface area contributed by atoms with Crippen molar-refractivity contribution in [3.05, 3.63) is 64.7 Å². The maximum Gasteiger partial charge on any atom is 0.316 e.